The molecule has 0 saturated heterocycles. The molecule has 0 aliphatic carbocycles. The Hall–Kier alpha value is 3.70. The minimum absolute atomic E-state index is 0. The summed E-state index contributed by atoms with van der Waals surface area (Å²) in [5.74, 6) is 0. The molecular weight excluding hydrogens is 430 g/mol. The minimum Gasteiger partial charge on any atom is -0.813 e. The second kappa shape index (κ2) is 73.6. The molecule has 0 heterocycles. The Kier molecular flexibility index (Phi) is 901. The molecule has 8 heavy (non-hydrogen) atoms. The van der Waals surface area contributed by atoms with Crippen LogP contribution in [0.4, 0.5) is 0 Å². The van der Waals surface area contributed by atoms with Crippen molar-refractivity contribution in [1.29, 1.82) is 0 Å². The summed E-state index contributed by atoms with van der Waals surface area (Å²) in [6.45, 7) is 0. The van der Waals surface area contributed by atoms with Gasteiger partial charge in [0, 0.05) is 23.9 Å². The van der Waals surface area contributed by atoms with Gasteiger partial charge >= 0.3 is 23.9 Å². The summed E-state index contributed by atoms with van der Waals surface area (Å²) in [5, 5.41) is 0. The molecule has 0 aliphatic rings. The minimum atomic E-state index is 0. The van der Waals surface area contributed by atoms with Gasteiger partial charge in [0.2, 0.25) is 0 Å². The summed E-state index contributed by atoms with van der Waals surface area (Å²) in [6.07, 6.45) is 0. The fourth-order valence-corrected chi connectivity index (χ4v) is 0. The monoisotopic (exact) mass is 438 g/mol. The van der Waals surface area contributed by atoms with Crippen molar-refractivity contribution in [1.82, 2.24) is 0 Å². The quantitative estimate of drug-likeness (QED) is 0.235. The molecule has 0 bridgehead atoms. The van der Waals surface area contributed by atoms with Crippen LogP contribution in [0.2, 0.25) is 0 Å². The van der Waals surface area contributed by atoms with Gasteiger partial charge in [0.25, 0.3) is 0 Å². The Bertz CT molecular complexity index is 6.49. The van der Waals surface area contributed by atoms with E-state index in [2.05, 4.69) is 0 Å². The van der Waals surface area contributed by atoms with Crippen molar-refractivity contribution >= 4 is 129 Å². The predicted molar refractivity (Wildman–Crippen MR) is 64.1 cm³/mol. The SMILES string of the molecule is [SH-].[SH-].[SH-].[SH-].[SH-].[SH-].[Sn+2].[Sn]. The molecule has 0 aliphatic heterocycles. The molecule has 0 unspecified atom stereocenters. The van der Waals surface area contributed by atoms with E-state index in [1.807, 2.05) is 0 Å². The summed E-state index contributed by atoms with van der Waals surface area (Å²) in [6, 6.07) is 0. The van der Waals surface area contributed by atoms with Crippen molar-refractivity contribution in [3.8, 4) is 0 Å². The fourth-order valence-electron chi connectivity index (χ4n) is 0. The van der Waals surface area contributed by atoms with Crippen molar-refractivity contribution in [2.24, 2.45) is 0 Å². The van der Waals surface area contributed by atoms with Gasteiger partial charge in [-0.25, -0.2) is 0 Å². The van der Waals surface area contributed by atoms with Crippen LogP contribution in [0.5, 0.6) is 0 Å². The molecule has 0 saturated carbocycles. The first kappa shape index (κ1) is 97.9. The normalized spacial score (nSPS) is 0. The van der Waals surface area contributed by atoms with Crippen LogP contribution in [0.3, 0.4) is 0 Å². The van der Waals surface area contributed by atoms with E-state index >= 15 is 0 Å². The van der Waals surface area contributed by atoms with Crippen LogP contribution in [0, 0.1) is 0 Å². The molecule has 0 atom stereocenters. The molecule has 8 heteroatoms. The van der Waals surface area contributed by atoms with Crippen LogP contribution in [0.25, 0.3) is 0 Å². The molecular formula is H6S6Sn2-4. The smallest absolute Gasteiger partial charge is 0.813 e. The van der Waals surface area contributed by atoms with E-state index in [1.165, 1.54) is 0 Å². The van der Waals surface area contributed by atoms with Gasteiger partial charge in [-0.05, 0) is 0 Å². The first-order valence-corrected chi connectivity index (χ1v) is 0. The zero-order valence-electron chi connectivity index (χ0n) is 3.68. The average molecular weight is 436 g/mol. The zero-order chi connectivity index (χ0) is 0. The number of rotatable bonds is 0. The molecule has 0 nitrogen and oxygen atoms in total. The summed E-state index contributed by atoms with van der Waals surface area (Å²) < 4.78 is 0. The third-order valence-corrected chi connectivity index (χ3v) is 0. The third kappa shape index (κ3) is 53.7. The Morgan fingerprint density at radius 1 is 0.375 bits per heavy atom. The topological polar surface area (TPSA) is 0 Å². The predicted octanol–water partition coefficient (Wildman–Crippen LogP) is -2.38. The number of thiol groups is 6. The van der Waals surface area contributed by atoms with Crippen molar-refractivity contribution in [3.05, 3.63) is 0 Å². The van der Waals surface area contributed by atoms with E-state index in [0.29, 0.717) is 0 Å². The molecule has 0 aromatic carbocycles. The second-order valence-electron chi connectivity index (χ2n) is 0. The molecule has 0 N–H and O–H groups in total. The van der Waals surface area contributed by atoms with Crippen LogP contribution < -0.4 is 0 Å². The first-order chi connectivity index (χ1) is 0. The van der Waals surface area contributed by atoms with Gasteiger partial charge in [-0.3, -0.25) is 0 Å². The summed E-state index contributed by atoms with van der Waals surface area (Å²) in [5.41, 5.74) is 0. The molecule has 54 valence electrons. The van der Waals surface area contributed by atoms with Gasteiger partial charge in [0.05, 0.1) is 0 Å². The van der Waals surface area contributed by atoms with Crippen LogP contribution in [0.1, 0.15) is 0 Å². The van der Waals surface area contributed by atoms with Gasteiger partial charge in [0.1, 0.15) is 0 Å². The van der Waals surface area contributed by atoms with Crippen molar-refractivity contribution < 1.29 is 0 Å². The Morgan fingerprint density at radius 2 is 0.375 bits per heavy atom. The Balaban J connectivity index is 0. The van der Waals surface area contributed by atoms with E-state index < -0.39 is 0 Å². The van der Waals surface area contributed by atoms with E-state index in [9.17, 15) is 0 Å². The average Bonchev–Trinajstić information content (AvgIpc) is 0. The van der Waals surface area contributed by atoms with Gasteiger partial charge in [0.15, 0.2) is 0 Å². The standard InChI is InChI=1S/6H2S.2Sn/h6*1H2;;/q;;;;;;;+2/p-6. The van der Waals surface area contributed by atoms with Gasteiger partial charge < -0.3 is 81.0 Å². The maximum absolute atomic E-state index is 0. The van der Waals surface area contributed by atoms with Crippen LogP contribution in [0.15, 0.2) is 0 Å². The molecule has 6 radical (unpaired) electrons. The molecule has 0 aromatic rings. The van der Waals surface area contributed by atoms with E-state index in [-0.39, 0.29) is 129 Å². The largest absolute Gasteiger partial charge is 2.00 e. The van der Waals surface area contributed by atoms with Gasteiger partial charge in [-0.1, -0.05) is 0 Å². The van der Waals surface area contributed by atoms with Crippen molar-refractivity contribution in [2.75, 3.05) is 0 Å². The second-order valence-corrected chi connectivity index (χ2v) is 0. The zero-order valence-corrected chi connectivity index (χ0v) is 14.8. The maximum Gasteiger partial charge on any atom is 2.00 e. The number of hydrogen-bond acceptors (Lipinski definition) is 6. The van der Waals surface area contributed by atoms with E-state index in [0.717, 1.165) is 0 Å². The third-order valence-electron chi connectivity index (χ3n) is 0. The molecule has 0 amide bonds. The van der Waals surface area contributed by atoms with Gasteiger partial charge in [-0.15, -0.1) is 0 Å². The van der Waals surface area contributed by atoms with Gasteiger partial charge in [-0.2, -0.15) is 0 Å². The van der Waals surface area contributed by atoms with Crippen molar-refractivity contribution in [2.45, 2.75) is 0 Å². The van der Waals surface area contributed by atoms with Crippen molar-refractivity contribution in [3.63, 3.8) is 0 Å². The van der Waals surface area contributed by atoms with Crippen LogP contribution in [-0.4, -0.2) is 47.8 Å². The Labute approximate surface area is 127 Å². The molecule has 0 aromatic heterocycles. The molecule has 0 spiro atoms. The summed E-state index contributed by atoms with van der Waals surface area (Å²) in [7, 11) is 0. The Morgan fingerprint density at radius 3 is 0.375 bits per heavy atom. The van der Waals surface area contributed by atoms with E-state index in [4.69, 9.17) is 0 Å². The van der Waals surface area contributed by atoms with Crippen LogP contribution in [-0.2, 0) is 81.0 Å². The summed E-state index contributed by atoms with van der Waals surface area (Å²) in [4.78, 5) is 0. The number of hydrogen-bond donors (Lipinski definition) is 0. The maximum atomic E-state index is 0. The molecule has 0 fully saturated rings. The summed E-state index contributed by atoms with van der Waals surface area (Å²) >= 11 is 0. The first-order valence-electron chi connectivity index (χ1n) is 0. The van der Waals surface area contributed by atoms with E-state index in [1.54, 1.807) is 0 Å². The molecule has 0 rings (SSSR count). The fraction of sp³-hybridized carbons (Fsp3) is 0. The van der Waals surface area contributed by atoms with Crippen LogP contribution >= 0.6 is 0 Å².